The van der Waals surface area contributed by atoms with Gasteiger partial charge >= 0.3 is 0 Å². The maximum atomic E-state index is 11.1. The van der Waals surface area contributed by atoms with Crippen molar-refractivity contribution in [3.05, 3.63) is 40.7 Å². The van der Waals surface area contributed by atoms with E-state index in [0.29, 0.717) is 18.9 Å². The fraction of sp³-hybridized carbons (Fsp3) is 0.400. The highest BCUT2D eigenvalue weighted by molar-refractivity contribution is 7.98. The number of hydrogen-bond acceptors (Lipinski definition) is 4. The van der Waals surface area contributed by atoms with E-state index < -0.39 is 0 Å². The van der Waals surface area contributed by atoms with Gasteiger partial charge in [-0.2, -0.15) is 0 Å². The summed E-state index contributed by atoms with van der Waals surface area (Å²) >= 11 is 7.77. The number of hydrogen-bond donors (Lipinski definition) is 1. The van der Waals surface area contributed by atoms with Crippen molar-refractivity contribution in [1.82, 2.24) is 14.8 Å². The molecule has 0 unspecified atom stereocenters. The summed E-state index contributed by atoms with van der Waals surface area (Å²) in [7, 11) is 0. The molecule has 0 radical (unpaired) electrons. The lowest BCUT2D eigenvalue weighted by atomic mass is 10.2. The van der Waals surface area contributed by atoms with Gasteiger partial charge in [0.15, 0.2) is 5.16 Å². The maximum absolute atomic E-state index is 11.1. The Kier molecular flexibility index (Phi) is 4.69. The minimum atomic E-state index is -0.308. The molecule has 1 aliphatic rings. The quantitative estimate of drug-likeness (QED) is 0.789. The summed E-state index contributed by atoms with van der Waals surface area (Å²) in [6, 6.07) is 7.76. The Hall–Kier alpha value is -1.53. The molecule has 2 N–H and O–H groups in total. The number of rotatable bonds is 7. The topological polar surface area (TPSA) is 73.8 Å². The van der Waals surface area contributed by atoms with Crippen LogP contribution >= 0.6 is 23.4 Å². The van der Waals surface area contributed by atoms with E-state index in [2.05, 4.69) is 10.2 Å². The number of thioether (sulfide) groups is 1. The summed E-state index contributed by atoms with van der Waals surface area (Å²) < 4.78 is 2.03. The van der Waals surface area contributed by atoms with Gasteiger partial charge < -0.3 is 10.3 Å². The van der Waals surface area contributed by atoms with E-state index in [1.807, 2.05) is 28.8 Å². The smallest absolute Gasteiger partial charge is 0.219 e. The minimum Gasteiger partial charge on any atom is -0.370 e. The van der Waals surface area contributed by atoms with Crippen LogP contribution < -0.4 is 5.73 Å². The molecular weight excluding hydrogens is 320 g/mol. The van der Waals surface area contributed by atoms with Gasteiger partial charge in [0.1, 0.15) is 5.82 Å². The van der Waals surface area contributed by atoms with Crippen LogP contribution in [0.4, 0.5) is 0 Å². The number of aromatic nitrogens is 3. The van der Waals surface area contributed by atoms with Crippen LogP contribution in [0.15, 0.2) is 29.4 Å². The highest BCUT2D eigenvalue weighted by Crippen LogP contribution is 2.40. The van der Waals surface area contributed by atoms with Gasteiger partial charge in [-0.15, -0.1) is 10.2 Å². The third-order valence-corrected chi connectivity index (χ3v) is 4.97. The molecule has 5 nitrogen and oxygen atoms in total. The maximum Gasteiger partial charge on any atom is 0.219 e. The molecular formula is C15H17ClN4OS. The molecule has 0 atom stereocenters. The molecule has 0 saturated heterocycles. The molecule has 2 aromatic rings. The Labute approximate surface area is 138 Å². The largest absolute Gasteiger partial charge is 0.370 e. The summed E-state index contributed by atoms with van der Waals surface area (Å²) in [5, 5.41) is 10.2. The van der Waals surface area contributed by atoms with E-state index in [0.717, 1.165) is 40.2 Å². The number of primary amides is 1. The van der Waals surface area contributed by atoms with Gasteiger partial charge in [-0.3, -0.25) is 4.79 Å². The predicted octanol–water partition coefficient (Wildman–Crippen LogP) is 2.98. The number of amides is 1. The van der Waals surface area contributed by atoms with Crippen LogP contribution in [0.2, 0.25) is 5.02 Å². The zero-order valence-corrected chi connectivity index (χ0v) is 13.6. The number of benzene rings is 1. The molecule has 3 rings (SSSR count). The summed E-state index contributed by atoms with van der Waals surface area (Å²) in [4.78, 5) is 11.1. The summed E-state index contributed by atoms with van der Waals surface area (Å²) in [5.74, 6) is 1.87. The fourth-order valence-electron chi connectivity index (χ4n) is 2.24. The van der Waals surface area contributed by atoms with E-state index >= 15 is 0 Å². The van der Waals surface area contributed by atoms with Gasteiger partial charge in [0.25, 0.3) is 0 Å². The van der Waals surface area contributed by atoms with E-state index in [1.54, 1.807) is 11.8 Å². The number of carbonyl (C=O) groups is 1. The molecule has 0 aliphatic heterocycles. The highest BCUT2D eigenvalue weighted by atomic mass is 35.5. The lowest BCUT2D eigenvalue weighted by molar-refractivity contribution is -0.118. The van der Waals surface area contributed by atoms with Gasteiger partial charge in [0.2, 0.25) is 5.91 Å². The van der Waals surface area contributed by atoms with Gasteiger partial charge in [0.05, 0.1) is 0 Å². The molecule has 1 aromatic carbocycles. The first-order valence-electron chi connectivity index (χ1n) is 7.22. The molecule has 1 fully saturated rings. The molecule has 1 aromatic heterocycles. The normalized spacial score (nSPS) is 14.2. The Morgan fingerprint density at radius 3 is 2.82 bits per heavy atom. The Morgan fingerprint density at radius 2 is 2.14 bits per heavy atom. The molecule has 0 bridgehead atoms. The van der Waals surface area contributed by atoms with Crippen LogP contribution in [-0.2, 0) is 17.1 Å². The van der Waals surface area contributed by atoms with Crippen molar-refractivity contribution in [1.29, 1.82) is 0 Å². The van der Waals surface area contributed by atoms with Crippen molar-refractivity contribution in [3.63, 3.8) is 0 Å². The van der Waals surface area contributed by atoms with E-state index in [4.69, 9.17) is 17.3 Å². The minimum absolute atomic E-state index is 0.303. The van der Waals surface area contributed by atoms with Crippen LogP contribution in [-0.4, -0.2) is 20.7 Å². The predicted molar refractivity (Wildman–Crippen MR) is 86.8 cm³/mol. The van der Waals surface area contributed by atoms with Crippen LogP contribution in [0.5, 0.6) is 0 Å². The van der Waals surface area contributed by atoms with Gasteiger partial charge in [-0.05, 0) is 24.5 Å². The first-order chi connectivity index (χ1) is 10.6. The summed E-state index contributed by atoms with van der Waals surface area (Å²) in [5.41, 5.74) is 6.33. The third-order valence-electron chi connectivity index (χ3n) is 3.58. The van der Waals surface area contributed by atoms with Gasteiger partial charge in [-0.1, -0.05) is 41.6 Å². The average molecular weight is 337 g/mol. The Morgan fingerprint density at radius 1 is 1.36 bits per heavy atom. The van der Waals surface area contributed by atoms with Crippen molar-refractivity contribution in [2.24, 2.45) is 5.73 Å². The second-order valence-electron chi connectivity index (χ2n) is 5.36. The molecule has 1 aliphatic carbocycles. The Balaban J connectivity index is 1.75. The zero-order chi connectivity index (χ0) is 15.5. The van der Waals surface area contributed by atoms with Gasteiger partial charge in [-0.25, -0.2) is 0 Å². The first-order valence-corrected chi connectivity index (χ1v) is 8.59. The highest BCUT2D eigenvalue weighted by Gasteiger charge is 2.30. The van der Waals surface area contributed by atoms with E-state index in [-0.39, 0.29) is 5.91 Å². The Bertz CT molecular complexity index is 684. The second kappa shape index (κ2) is 6.71. The molecule has 116 valence electrons. The number of nitrogens with zero attached hydrogens (tertiary/aromatic N) is 3. The molecule has 1 saturated carbocycles. The van der Waals surface area contributed by atoms with Crippen molar-refractivity contribution in [2.45, 2.75) is 42.6 Å². The molecule has 22 heavy (non-hydrogen) atoms. The van der Waals surface area contributed by atoms with Crippen molar-refractivity contribution in [3.8, 4) is 0 Å². The second-order valence-corrected chi connectivity index (χ2v) is 6.71. The lowest BCUT2D eigenvalue weighted by Gasteiger charge is -2.09. The number of nitrogens with two attached hydrogens (primary N) is 1. The number of halogens is 1. The fourth-order valence-corrected chi connectivity index (χ4v) is 3.50. The average Bonchev–Trinajstić information content (AvgIpc) is 3.25. The molecule has 1 heterocycles. The molecule has 7 heteroatoms. The number of carbonyl (C=O) groups excluding carboxylic acids is 1. The lowest BCUT2D eigenvalue weighted by Crippen LogP contribution is -2.15. The summed E-state index contributed by atoms with van der Waals surface area (Å²) in [6.45, 7) is 0.541. The van der Waals surface area contributed by atoms with E-state index in [1.165, 1.54) is 0 Å². The standard InChI is InChI=1S/C15H17ClN4OS/c16-12-4-2-1-3-11(12)9-22-15-19-18-14(10-5-6-10)20(15)8-7-13(17)21/h1-4,10H,5-9H2,(H2,17,21). The molecule has 0 spiro atoms. The SMILES string of the molecule is NC(=O)CCn1c(SCc2ccccc2Cl)nnc1C1CC1. The summed E-state index contributed by atoms with van der Waals surface area (Å²) in [6.07, 6.45) is 2.59. The van der Waals surface area contributed by atoms with Crippen molar-refractivity contribution < 1.29 is 4.79 Å². The molecule has 1 amide bonds. The van der Waals surface area contributed by atoms with E-state index in [9.17, 15) is 4.79 Å². The van der Waals surface area contributed by atoms with Crippen LogP contribution in [0.25, 0.3) is 0 Å². The third kappa shape index (κ3) is 3.62. The van der Waals surface area contributed by atoms with Crippen LogP contribution in [0.1, 0.15) is 36.6 Å². The monoisotopic (exact) mass is 336 g/mol. The van der Waals surface area contributed by atoms with Crippen LogP contribution in [0.3, 0.4) is 0 Å². The van der Waals surface area contributed by atoms with Crippen molar-refractivity contribution in [2.75, 3.05) is 0 Å². The van der Waals surface area contributed by atoms with Crippen LogP contribution in [0, 0.1) is 0 Å². The first kappa shape index (κ1) is 15.4. The van der Waals surface area contributed by atoms with Crippen molar-refractivity contribution >= 4 is 29.3 Å². The zero-order valence-electron chi connectivity index (χ0n) is 12.0. The van der Waals surface area contributed by atoms with Gasteiger partial charge in [0, 0.05) is 29.7 Å².